The molecule has 1 aliphatic carbocycles. The van der Waals surface area contributed by atoms with Gasteiger partial charge in [0.15, 0.2) is 23.2 Å². The van der Waals surface area contributed by atoms with E-state index in [4.69, 9.17) is 4.74 Å². The summed E-state index contributed by atoms with van der Waals surface area (Å²) >= 11 is 0. The van der Waals surface area contributed by atoms with Crippen molar-refractivity contribution in [2.45, 2.75) is 63.9 Å². The van der Waals surface area contributed by atoms with Crippen LogP contribution in [-0.2, 0) is 12.8 Å². The smallest absolute Gasteiger partial charge is 0.200 e. The summed E-state index contributed by atoms with van der Waals surface area (Å²) in [6, 6.07) is 13.3. The maximum Gasteiger partial charge on any atom is 0.200 e. The quantitative estimate of drug-likeness (QED) is 0.164. The van der Waals surface area contributed by atoms with E-state index in [1.807, 2.05) is 0 Å². The first-order valence-corrected chi connectivity index (χ1v) is 13.3. The highest BCUT2D eigenvalue weighted by molar-refractivity contribution is 5.65. The van der Waals surface area contributed by atoms with E-state index >= 15 is 8.78 Å². The third-order valence-electron chi connectivity index (χ3n) is 7.66. The van der Waals surface area contributed by atoms with Crippen LogP contribution in [0, 0.1) is 29.2 Å². The monoisotopic (exact) mass is 526 g/mol. The van der Waals surface area contributed by atoms with Crippen LogP contribution < -0.4 is 4.74 Å². The predicted molar refractivity (Wildman–Crippen MR) is 142 cm³/mol. The van der Waals surface area contributed by atoms with Gasteiger partial charge >= 0.3 is 0 Å². The molecule has 0 amide bonds. The highest BCUT2D eigenvalue weighted by Gasteiger charge is 2.28. The summed E-state index contributed by atoms with van der Waals surface area (Å²) in [6.45, 7) is 5.57. The second kappa shape index (κ2) is 12.6. The Morgan fingerprint density at radius 1 is 0.868 bits per heavy atom. The van der Waals surface area contributed by atoms with Crippen LogP contribution in [0.15, 0.2) is 61.2 Å². The first-order valence-electron chi connectivity index (χ1n) is 13.3. The van der Waals surface area contributed by atoms with Crippen molar-refractivity contribution in [1.82, 2.24) is 0 Å². The number of aryl methyl sites for hydroxylation is 2. The Kier molecular flexibility index (Phi) is 9.26. The molecule has 1 saturated carbocycles. The molecule has 0 heterocycles. The molecule has 38 heavy (non-hydrogen) atoms. The first kappa shape index (κ1) is 27.9. The fourth-order valence-corrected chi connectivity index (χ4v) is 5.27. The van der Waals surface area contributed by atoms with Gasteiger partial charge in [-0.05, 0) is 92.0 Å². The van der Waals surface area contributed by atoms with E-state index in [1.54, 1.807) is 49.4 Å². The number of rotatable bonds is 10. The molecule has 3 aromatic carbocycles. The molecule has 6 heteroatoms. The number of aliphatic hydroxyl groups excluding tert-OH is 1. The predicted octanol–water partition coefficient (Wildman–Crippen LogP) is 8.30. The van der Waals surface area contributed by atoms with Crippen LogP contribution in [-0.4, -0.2) is 17.8 Å². The van der Waals surface area contributed by atoms with Crippen molar-refractivity contribution in [3.63, 3.8) is 0 Å². The van der Waals surface area contributed by atoms with E-state index in [9.17, 15) is 13.9 Å². The Balaban J connectivity index is 1.41. The van der Waals surface area contributed by atoms with Crippen molar-refractivity contribution in [3.8, 4) is 16.9 Å². The molecule has 0 spiro atoms. The zero-order valence-corrected chi connectivity index (χ0v) is 21.7. The van der Waals surface area contributed by atoms with Crippen molar-refractivity contribution in [3.05, 3.63) is 101 Å². The largest absolute Gasteiger partial charge is 0.490 e. The van der Waals surface area contributed by atoms with Gasteiger partial charge in [0.25, 0.3) is 0 Å². The van der Waals surface area contributed by atoms with Gasteiger partial charge in [0.1, 0.15) is 0 Å². The molecule has 0 radical (unpaired) electrons. The third kappa shape index (κ3) is 6.29. The lowest BCUT2D eigenvalue weighted by Gasteiger charge is -2.30. The van der Waals surface area contributed by atoms with Gasteiger partial charge in [-0.25, -0.2) is 13.2 Å². The van der Waals surface area contributed by atoms with Crippen molar-refractivity contribution >= 4 is 0 Å². The summed E-state index contributed by atoms with van der Waals surface area (Å²) in [5.74, 6) is -3.54. The summed E-state index contributed by atoms with van der Waals surface area (Å²) in [7, 11) is 0. The van der Waals surface area contributed by atoms with Crippen molar-refractivity contribution in [2.75, 3.05) is 6.61 Å². The van der Waals surface area contributed by atoms with Crippen LogP contribution in [0.1, 0.15) is 61.6 Å². The van der Waals surface area contributed by atoms with E-state index < -0.39 is 23.3 Å². The Labute approximate surface area is 222 Å². The highest BCUT2D eigenvalue weighted by atomic mass is 19.2. The SMILES string of the molecule is C=CCCOc1ccc(CCc2ccc(-c3ccc(C4CCC(C(C)O)CC4)c(F)c3F)cc2)c(F)c1F. The highest BCUT2D eigenvalue weighted by Crippen LogP contribution is 2.40. The molecule has 1 unspecified atom stereocenters. The zero-order chi connectivity index (χ0) is 27.2. The Bertz CT molecular complexity index is 1250. The lowest BCUT2D eigenvalue weighted by Crippen LogP contribution is -2.23. The second-order valence-corrected chi connectivity index (χ2v) is 10.2. The molecule has 1 fully saturated rings. The van der Waals surface area contributed by atoms with E-state index in [0.29, 0.717) is 24.0 Å². The molecular weight excluding hydrogens is 492 g/mol. The van der Waals surface area contributed by atoms with Gasteiger partial charge < -0.3 is 9.84 Å². The van der Waals surface area contributed by atoms with Crippen LogP contribution in [0.3, 0.4) is 0 Å². The Morgan fingerprint density at radius 2 is 1.58 bits per heavy atom. The summed E-state index contributed by atoms with van der Waals surface area (Å²) in [4.78, 5) is 0. The van der Waals surface area contributed by atoms with E-state index in [2.05, 4.69) is 6.58 Å². The Hall–Kier alpha value is -3.12. The number of benzene rings is 3. The molecule has 2 nitrogen and oxygen atoms in total. The summed E-state index contributed by atoms with van der Waals surface area (Å²) in [5, 5.41) is 9.80. The molecular formula is C32H34F4O2. The standard InChI is InChI=1S/C32H34F4O2/c1-3-4-19-38-28-18-15-25(29(33)32(28)36)10-7-21-5-8-23(9-6-21)26-16-17-27(31(35)30(26)34)24-13-11-22(12-14-24)20(2)37/h3,5-6,8-9,15-18,20,22,24,37H,1,4,7,10-14,19H2,2H3. The average Bonchev–Trinajstić information content (AvgIpc) is 2.92. The number of ether oxygens (including phenoxy) is 1. The van der Waals surface area contributed by atoms with E-state index in [1.165, 1.54) is 12.1 Å². The number of hydrogen-bond acceptors (Lipinski definition) is 2. The topological polar surface area (TPSA) is 29.5 Å². The van der Waals surface area contributed by atoms with Gasteiger partial charge in [0.2, 0.25) is 5.82 Å². The first-order chi connectivity index (χ1) is 18.3. The molecule has 1 atom stereocenters. The van der Waals surface area contributed by atoms with E-state index in [-0.39, 0.29) is 47.8 Å². The van der Waals surface area contributed by atoms with Crippen LogP contribution in [0.5, 0.6) is 5.75 Å². The summed E-state index contributed by atoms with van der Waals surface area (Å²) in [5.41, 5.74) is 2.25. The molecule has 1 N–H and O–H groups in total. The molecule has 0 aromatic heterocycles. The van der Waals surface area contributed by atoms with Crippen LogP contribution in [0.25, 0.3) is 11.1 Å². The van der Waals surface area contributed by atoms with Gasteiger partial charge in [-0.1, -0.05) is 48.5 Å². The maximum absolute atomic E-state index is 15.1. The van der Waals surface area contributed by atoms with Crippen molar-refractivity contribution < 1.29 is 27.4 Å². The van der Waals surface area contributed by atoms with Gasteiger partial charge in [0.05, 0.1) is 12.7 Å². The minimum absolute atomic E-state index is 0.0473. The molecule has 0 aliphatic heterocycles. The van der Waals surface area contributed by atoms with Crippen LogP contribution in [0.2, 0.25) is 0 Å². The Morgan fingerprint density at radius 3 is 2.24 bits per heavy atom. The molecule has 4 rings (SSSR count). The zero-order valence-electron chi connectivity index (χ0n) is 21.7. The van der Waals surface area contributed by atoms with Gasteiger partial charge in [-0.3, -0.25) is 0 Å². The fraction of sp³-hybridized carbons (Fsp3) is 0.375. The van der Waals surface area contributed by atoms with E-state index in [0.717, 1.165) is 31.2 Å². The van der Waals surface area contributed by atoms with Crippen LogP contribution in [0.4, 0.5) is 17.6 Å². The molecule has 0 saturated heterocycles. The lowest BCUT2D eigenvalue weighted by atomic mass is 9.76. The third-order valence-corrected chi connectivity index (χ3v) is 7.66. The van der Waals surface area contributed by atoms with Crippen LogP contribution >= 0.6 is 0 Å². The lowest BCUT2D eigenvalue weighted by molar-refractivity contribution is 0.0964. The summed E-state index contributed by atoms with van der Waals surface area (Å²) < 4.78 is 64.2. The van der Waals surface area contributed by atoms with Gasteiger partial charge in [0, 0.05) is 5.56 Å². The number of aliphatic hydroxyl groups is 1. The number of halogens is 4. The molecule has 202 valence electrons. The number of hydrogen-bond donors (Lipinski definition) is 1. The average molecular weight is 527 g/mol. The van der Waals surface area contributed by atoms with Gasteiger partial charge in [-0.15, -0.1) is 6.58 Å². The normalized spacial score (nSPS) is 18.3. The van der Waals surface area contributed by atoms with Crippen molar-refractivity contribution in [2.24, 2.45) is 5.92 Å². The molecule has 0 bridgehead atoms. The fourth-order valence-electron chi connectivity index (χ4n) is 5.27. The van der Waals surface area contributed by atoms with Gasteiger partial charge in [-0.2, -0.15) is 4.39 Å². The minimum Gasteiger partial charge on any atom is -0.490 e. The maximum atomic E-state index is 15.1. The minimum atomic E-state index is -1.00. The molecule has 1 aliphatic rings. The summed E-state index contributed by atoms with van der Waals surface area (Å²) in [6.07, 6.45) is 5.60. The second-order valence-electron chi connectivity index (χ2n) is 10.2. The van der Waals surface area contributed by atoms with Crippen molar-refractivity contribution in [1.29, 1.82) is 0 Å². The molecule has 3 aromatic rings.